The van der Waals surface area contributed by atoms with E-state index < -0.39 is 17.8 Å². The van der Waals surface area contributed by atoms with Gasteiger partial charge in [-0.25, -0.2) is 9.69 Å². The standard InChI is InChI=1S/C25H21BrN2O4/c1-3-15(2)16-6-10-19(11-7-16)28-24(30)21(23(29)27-25(28)31)14-20-12-13-22(32-20)17-4-8-18(26)9-5-17/h4-15H,3H2,1-2H3,(H,27,29,31)/b21-14-/t15-/m0/s1. The van der Waals surface area contributed by atoms with Crippen molar-refractivity contribution in [3.8, 4) is 11.3 Å². The van der Waals surface area contributed by atoms with Gasteiger partial charge >= 0.3 is 6.03 Å². The topological polar surface area (TPSA) is 79.6 Å². The second kappa shape index (κ2) is 8.96. The summed E-state index contributed by atoms with van der Waals surface area (Å²) in [5.41, 5.74) is 2.19. The number of urea groups is 1. The molecule has 2 heterocycles. The third-order valence-electron chi connectivity index (χ3n) is 5.48. The molecule has 0 spiro atoms. The quantitative estimate of drug-likeness (QED) is 0.355. The molecule has 1 N–H and O–H groups in total. The number of amides is 4. The van der Waals surface area contributed by atoms with E-state index in [1.807, 2.05) is 36.4 Å². The van der Waals surface area contributed by atoms with E-state index in [2.05, 4.69) is 35.1 Å². The molecule has 4 amide bonds. The van der Waals surface area contributed by atoms with Crippen molar-refractivity contribution >= 4 is 45.5 Å². The van der Waals surface area contributed by atoms with Crippen molar-refractivity contribution in [2.24, 2.45) is 0 Å². The number of carbonyl (C=O) groups excluding carboxylic acids is 3. The van der Waals surface area contributed by atoms with E-state index >= 15 is 0 Å². The summed E-state index contributed by atoms with van der Waals surface area (Å²) in [5, 5.41) is 2.23. The van der Waals surface area contributed by atoms with Crippen LogP contribution >= 0.6 is 15.9 Å². The van der Waals surface area contributed by atoms with Crippen molar-refractivity contribution in [1.29, 1.82) is 0 Å². The van der Waals surface area contributed by atoms with E-state index in [-0.39, 0.29) is 5.57 Å². The Kier molecular flexibility index (Phi) is 6.10. The fourth-order valence-corrected chi connectivity index (χ4v) is 3.69. The van der Waals surface area contributed by atoms with Crippen molar-refractivity contribution in [2.75, 3.05) is 4.90 Å². The second-order valence-corrected chi connectivity index (χ2v) is 8.48. The Morgan fingerprint density at radius 1 is 1.00 bits per heavy atom. The van der Waals surface area contributed by atoms with E-state index in [1.54, 1.807) is 24.3 Å². The highest BCUT2D eigenvalue weighted by Crippen LogP contribution is 2.28. The average molecular weight is 493 g/mol. The highest BCUT2D eigenvalue weighted by Gasteiger charge is 2.37. The van der Waals surface area contributed by atoms with Gasteiger partial charge in [0.25, 0.3) is 11.8 Å². The minimum absolute atomic E-state index is 0.174. The van der Waals surface area contributed by atoms with Crippen LogP contribution < -0.4 is 10.2 Å². The molecule has 4 rings (SSSR count). The van der Waals surface area contributed by atoms with Crippen LogP contribution in [0.5, 0.6) is 0 Å². The maximum atomic E-state index is 13.1. The number of benzene rings is 2. The summed E-state index contributed by atoms with van der Waals surface area (Å²) in [6, 6.07) is 17.4. The Hall–Kier alpha value is -3.45. The van der Waals surface area contributed by atoms with Crippen LogP contribution in [0.1, 0.15) is 37.5 Å². The Bertz CT molecular complexity index is 1210. The van der Waals surface area contributed by atoms with Crippen molar-refractivity contribution in [3.05, 3.63) is 82.0 Å². The molecule has 1 atom stereocenters. The number of hydrogen-bond acceptors (Lipinski definition) is 4. The summed E-state index contributed by atoms with van der Waals surface area (Å²) in [7, 11) is 0. The van der Waals surface area contributed by atoms with Crippen LogP contribution in [-0.2, 0) is 9.59 Å². The molecule has 0 aliphatic carbocycles. The molecule has 32 heavy (non-hydrogen) atoms. The minimum atomic E-state index is -0.775. The average Bonchev–Trinajstić information content (AvgIpc) is 3.25. The van der Waals surface area contributed by atoms with Gasteiger partial charge in [0.2, 0.25) is 0 Å². The van der Waals surface area contributed by atoms with E-state index in [0.29, 0.717) is 23.1 Å². The molecule has 1 fully saturated rings. The Morgan fingerprint density at radius 2 is 1.69 bits per heavy atom. The predicted molar refractivity (Wildman–Crippen MR) is 126 cm³/mol. The molecular formula is C25H21BrN2O4. The largest absolute Gasteiger partial charge is 0.457 e. The zero-order valence-corrected chi connectivity index (χ0v) is 19.2. The summed E-state index contributed by atoms with van der Waals surface area (Å²) in [5.74, 6) is -0.152. The van der Waals surface area contributed by atoms with Gasteiger partial charge in [-0.05, 0) is 60.4 Å². The maximum Gasteiger partial charge on any atom is 0.335 e. The number of nitrogens with one attached hydrogen (secondary N) is 1. The first-order valence-electron chi connectivity index (χ1n) is 10.2. The highest BCUT2D eigenvalue weighted by atomic mass is 79.9. The number of barbiturate groups is 1. The fraction of sp³-hybridized carbons (Fsp3) is 0.160. The smallest absolute Gasteiger partial charge is 0.335 e. The van der Waals surface area contributed by atoms with Gasteiger partial charge in [-0.2, -0.15) is 0 Å². The highest BCUT2D eigenvalue weighted by molar-refractivity contribution is 9.10. The molecular weight excluding hydrogens is 472 g/mol. The van der Waals surface area contributed by atoms with Gasteiger partial charge in [-0.3, -0.25) is 14.9 Å². The monoisotopic (exact) mass is 492 g/mol. The van der Waals surface area contributed by atoms with Crippen molar-refractivity contribution in [3.63, 3.8) is 0 Å². The molecule has 6 nitrogen and oxygen atoms in total. The lowest BCUT2D eigenvalue weighted by Crippen LogP contribution is -2.54. The lowest BCUT2D eigenvalue weighted by atomic mass is 9.98. The molecule has 0 saturated carbocycles. The number of halogens is 1. The minimum Gasteiger partial charge on any atom is -0.457 e. The van der Waals surface area contributed by atoms with Gasteiger partial charge in [0.1, 0.15) is 17.1 Å². The van der Waals surface area contributed by atoms with E-state index in [9.17, 15) is 14.4 Å². The SMILES string of the molecule is CC[C@H](C)c1ccc(N2C(=O)NC(=O)/C(=C/c3ccc(-c4ccc(Br)cc4)o3)C2=O)cc1. The number of nitrogens with zero attached hydrogens (tertiary/aromatic N) is 1. The van der Waals surface area contributed by atoms with Crippen molar-refractivity contribution < 1.29 is 18.8 Å². The van der Waals surface area contributed by atoms with Gasteiger partial charge in [0.15, 0.2) is 0 Å². The maximum absolute atomic E-state index is 13.1. The molecule has 162 valence electrons. The van der Waals surface area contributed by atoms with Crippen LogP contribution in [0.2, 0.25) is 0 Å². The van der Waals surface area contributed by atoms with Crippen LogP contribution in [0, 0.1) is 0 Å². The number of carbonyl (C=O) groups is 3. The molecule has 0 bridgehead atoms. The normalized spacial score (nSPS) is 16.4. The van der Waals surface area contributed by atoms with Crippen molar-refractivity contribution in [1.82, 2.24) is 5.32 Å². The van der Waals surface area contributed by atoms with Gasteiger partial charge in [-0.1, -0.05) is 54.0 Å². The number of anilines is 1. The molecule has 3 aromatic rings. The number of hydrogen-bond donors (Lipinski definition) is 1. The molecule has 1 aromatic heterocycles. The van der Waals surface area contributed by atoms with Gasteiger partial charge in [0, 0.05) is 10.0 Å². The Morgan fingerprint density at radius 3 is 2.34 bits per heavy atom. The second-order valence-electron chi connectivity index (χ2n) is 7.57. The predicted octanol–water partition coefficient (Wildman–Crippen LogP) is 5.89. The summed E-state index contributed by atoms with van der Waals surface area (Å²) >= 11 is 3.39. The van der Waals surface area contributed by atoms with Crippen molar-refractivity contribution in [2.45, 2.75) is 26.2 Å². The first-order chi connectivity index (χ1) is 15.4. The fourth-order valence-electron chi connectivity index (χ4n) is 3.42. The number of imide groups is 2. The van der Waals surface area contributed by atoms with E-state index in [0.717, 1.165) is 26.9 Å². The molecule has 0 radical (unpaired) electrons. The van der Waals surface area contributed by atoms with Crippen LogP contribution in [-0.4, -0.2) is 17.8 Å². The number of furan rings is 1. The third-order valence-corrected chi connectivity index (χ3v) is 6.01. The molecule has 7 heteroatoms. The van der Waals surface area contributed by atoms with Gasteiger partial charge in [0.05, 0.1) is 5.69 Å². The van der Waals surface area contributed by atoms with Crippen LogP contribution in [0.15, 0.2) is 75.1 Å². The van der Waals surface area contributed by atoms with Crippen LogP contribution in [0.25, 0.3) is 17.4 Å². The molecule has 1 aliphatic heterocycles. The first-order valence-corrected chi connectivity index (χ1v) is 11.0. The summed E-state index contributed by atoms with van der Waals surface area (Å²) in [4.78, 5) is 38.9. The molecule has 1 aliphatic rings. The van der Waals surface area contributed by atoms with E-state index in [1.165, 1.54) is 6.08 Å². The van der Waals surface area contributed by atoms with Crippen LogP contribution in [0.4, 0.5) is 10.5 Å². The van der Waals surface area contributed by atoms with Gasteiger partial charge < -0.3 is 4.42 Å². The third kappa shape index (κ3) is 4.29. The summed E-state index contributed by atoms with van der Waals surface area (Å²) < 4.78 is 6.75. The molecule has 2 aromatic carbocycles. The first kappa shape index (κ1) is 21.8. The number of rotatable bonds is 5. The Balaban J connectivity index is 1.62. The molecule has 0 unspecified atom stereocenters. The molecule has 1 saturated heterocycles. The van der Waals surface area contributed by atoms with E-state index in [4.69, 9.17) is 4.42 Å². The van der Waals surface area contributed by atoms with Crippen LogP contribution in [0.3, 0.4) is 0 Å². The lowest BCUT2D eigenvalue weighted by Gasteiger charge is -2.26. The summed E-state index contributed by atoms with van der Waals surface area (Å²) in [6.45, 7) is 4.21. The zero-order chi connectivity index (χ0) is 22.8. The Labute approximate surface area is 194 Å². The lowest BCUT2D eigenvalue weighted by molar-refractivity contribution is -0.122. The summed E-state index contributed by atoms with van der Waals surface area (Å²) in [6.07, 6.45) is 2.34. The zero-order valence-electron chi connectivity index (χ0n) is 17.6. The van der Waals surface area contributed by atoms with Gasteiger partial charge in [-0.15, -0.1) is 0 Å².